The summed E-state index contributed by atoms with van der Waals surface area (Å²) in [5.74, 6) is 0.798. The lowest BCUT2D eigenvalue weighted by atomic mass is 9.99. The van der Waals surface area contributed by atoms with Crippen LogP contribution in [0.4, 0.5) is 0 Å². The van der Waals surface area contributed by atoms with Gasteiger partial charge in [-0.05, 0) is 24.5 Å². The molecule has 0 amide bonds. The van der Waals surface area contributed by atoms with Gasteiger partial charge in [-0.1, -0.05) is 66.5 Å². The molecule has 2 heterocycles. The molecule has 154 valence electrons. The zero-order valence-electron chi connectivity index (χ0n) is 16.3. The van der Waals surface area contributed by atoms with Crippen LogP contribution in [0.2, 0.25) is 0 Å². The molecule has 4 aromatic rings. The van der Waals surface area contributed by atoms with E-state index in [9.17, 15) is 4.79 Å². The van der Waals surface area contributed by atoms with E-state index in [0.717, 1.165) is 31.2 Å². The molecule has 5 rings (SSSR count). The summed E-state index contributed by atoms with van der Waals surface area (Å²) in [4.78, 5) is 17.6. The number of nitrogens with zero attached hydrogens (tertiary/aromatic N) is 4. The Bertz CT molecular complexity index is 1230. The van der Waals surface area contributed by atoms with Gasteiger partial charge in [0.05, 0.1) is 17.5 Å². The summed E-state index contributed by atoms with van der Waals surface area (Å²) in [6, 6.07) is 17.1. The van der Waals surface area contributed by atoms with Gasteiger partial charge >= 0.3 is 0 Å². The molecule has 2 N–H and O–H groups in total. The van der Waals surface area contributed by atoms with Crippen molar-refractivity contribution in [1.82, 2.24) is 19.9 Å². The van der Waals surface area contributed by atoms with Crippen LogP contribution >= 0.6 is 12.4 Å². The Morgan fingerprint density at radius 1 is 1.00 bits per heavy atom. The number of benzene rings is 2. The summed E-state index contributed by atoms with van der Waals surface area (Å²) in [5.41, 5.74) is 7.26. The van der Waals surface area contributed by atoms with Crippen LogP contribution in [-0.2, 0) is 12.1 Å². The van der Waals surface area contributed by atoms with Gasteiger partial charge in [0.15, 0.2) is 11.5 Å². The van der Waals surface area contributed by atoms with Crippen molar-refractivity contribution < 1.29 is 4.52 Å². The maximum atomic E-state index is 13.0. The van der Waals surface area contributed by atoms with Crippen molar-refractivity contribution in [2.75, 3.05) is 0 Å². The summed E-state index contributed by atoms with van der Waals surface area (Å²) >= 11 is 0. The van der Waals surface area contributed by atoms with E-state index in [0.29, 0.717) is 28.8 Å². The average molecular weight is 424 g/mol. The third kappa shape index (κ3) is 3.51. The second-order valence-electron chi connectivity index (χ2n) is 7.63. The Kier molecular flexibility index (Phi) is 5.40. The van der Waals surface area contributed by atoms with Crippen LogP contribution in [-0.4, -0.2) is 19.9 Å². The monoisotopic (exact) mass is 423 g/mol. The molecule has 7 nitrogen and oxygen atoms in total. The van der Waals surface area contributed by atoms with E-state index in [1.807, 2.05) is 48.5 Å². The van der Waals surface area contributed by atoms with E-state index in [4.69, 9.17) is 10.3 Å². The highest BCUT2D eigenvalue weighted by Gasteiger charge is 2.36. The maximum Gasteiger partial charge on any atom is 0.279 e. The Morgan fingerprint density at radius 3 is 2.40 bits per heavy atom. The number of halogens is 1. The quantitative estimate of drug-likeness (QED) is 0.537. The third-order valence-corrected chi connectivity index (χ3v) is 5.61. The molecule has 8 heteroatoms. The van der Waals surface area contributed by atoms with Gasteiger partial charge in [-0.3, -0.25) is 4.79 Å². The van der Waals surface area contributed by atoms with E-state index < -0.39 is 5.54 Å². The predicted molar refractivity (Wildman–Crippen MR) is 116 cm³/mol. The Hall–Kier alpha value is -3.03. The van der Waals surface area contributed by atoms with E-state index in [-0.39, 0.29) is 23.9 Å². The van der Waals surface area contributed by atoms with E-state index >= 15 is 0 Å². The Balaban J connectivity index is 0.00000218. The molecule has 30 heavy (non-hydrogen) atoms. The minimum Gasteiger partial charge on any atom is -0.332 e. The molecule has 1 saturated carbocycles. The van der Waals surface area contributed by atoms with Crippen molar-refractivity contribution in [2.45, 2.75) is 37.8 Å². The maximum absolute atomic E-state index is 13.0. The van der Waals surface area contributed by atoms with Crippen molar-refractivity contribution in [2.24, 2.45) is 5.73 Å². The summed E-state index contributed by atoms with van der Waals surface area (Å²) < 4.78 is 7.01. The highest BCUT2D eigenvalue weighted by molar-refractivity contribution is 5.91. The van der Waals surface area contributed by atoms with Crippen LogP contribution in [0.1, 0.15) is 37.1 Å². The van der Waals surface area contributed by atoms with Gasteiger partial charge in [0.1, 0.15) is 0 Å². The minimum atomic E-state index is -0.546. The predicted octanol–water partition coefficient (Wildman–Crippen LogP) is 3.64. The van der Waals surface area contributed by atoms with Crippen LogP contribution in [0.5, 0.6) is 0 Å². The highest BCUT2D eigenvalue weighted by atomic mass is 35.5. The van der Waals surface area contributed by atoms with Crippen molar-refractivity contribution >= 4 is 23.2 Å². The fraction of sp³-hybridized carbons (Fsp3) is 0.273. The number of rotatable bonds is 4. The molecule has 0 radical (unpaired) electrons. The molecule has 2 aromatic carbocycles. The topological polar surface area (TPSA) is 99.8 Å². The minimum absolute atomic E-state index is 0. The molecular formula is C22H22ClN5O2. The van der Waals surface area contributed by atoms with Crippen LogP contribution in [0, 0.1) is 0 Å². The smallest absolute Gasteiger partial charge is 0.279 e. The first-order chi connectivity index (χ1) is 14.1. The van der Waals surface area contributed by atoms with Crippen LogP contribution in [0.15, 0.2) is 63.9 Å². The van der Waals surface area contributed by atoms with Crippen LogP contribution < -0.4 is 11.3 Å². The zero-order valence-corrected chi connectivity index (χ0v) is 17.1. The standard InChI is InChI=1S/C22H21N5O2.ClH/c23-22(12-6-7-13-22)21-24-19(29-26-21)18-16-10-4-5-11-17(16)20(28)27(25-18)14-15-8-2-1-3-9-15;/h1-5,8-11H,6-7,12-14,23H2;1H. The fourth-order valence-electron chi connectivity index (χ4n) is 4.01. The zero-order chi connectivity index (χ0) is 19.8. The summed E-state index contributed by atoms with van der Waals surface area (Å²) in [7, 11) is 0. The molecule has 1 fully saturated rings. The normalized spacial score (nSPS) is 15.2. The summed E-state index contributed by atoms with van der Waals surface area (Å²) in [6.45, 7) is 0.360. The van der Waals surface area contributed by atoms with Crippen molar-refractivity contribution in [3.8, 4) is 11.6 Å². The molecule has 1 aliphatic carbocycles. The molecule has 0 saturated heterocycles. The molecule has 0 aliphatic heterocycles. The van der Waals surface area contributed by atoms with Gasteiger partial charge in [0.2, 0.25) is 0 Å². The second kappa shape index (κ2) is 8.01. The van der Waals surface area contributed by atoms with Gasteiger partial charge in [-0.15, -0.1) is 12.4 Å². The fourth-order valence-corrected chi connectivity index (χ4v) is 4.01. The lowest BCUT2D eigenvalue weighted by Crippen LogP contribution is -2.34. The van der Waals surface area contributed by atoms with Gasteiger partial charge in [-0.2, -0.15) is 10.1 Å². The van der Waals surface area contributed by atoms with Gasteiger partial charge < -0.3 is 10.3 Å². The number of nitrogens with two attached hydrogens (primary N) is 1. The van der Waals surface area contributed by atoms with E-state index in [1.165, 1.54) is 4.68 Å². The first kappa shape index (κ1) is 20.3. The first-order valence-corrected chi connectivity index (χ1v) is 9.81. The molecule has 0 bridgehead atoms. The van der Waals surface area contributed by atoms with Crippen molar-refractivity contribution in [3.05, 3.63) is 76.3 Å². The lowest BCUT2D eigenvalue weighted by molar-refractivity contribution is 0.372. The van der Waals surface area contributed by atoms with Gasteiger partial charge in [0, 0.05) is 5.39 Å². The Labute approximate surface area is 179 Å². The SMILES string of the molecule is Cl.NC1(c2noc(-c3nn(Cc4ccccc4)c(=O)c4ccccc34)n2)CCCC1. The molecule has 0 unspecified atom stereocenters. The molecular weight excluding hydrogens is 402 g/mol. The third-order valence-electron chi connectivity index (χ3n) is 5.61. The van der Waals surface area contributed by atoms with E-state index in [1.54, 1.807) is 6.07 Å². The lowest BCUT2D eigenvalue weighted by Gasteiger charge is -2.17. The summed E-state index contributed by atoms with van der Waals surface area (Å²) in [5, 5.41) is 10.0. The number of fused-ring (bicyclic) bond motifs is 1. The Morgan fingerprint density at radius 2 is 1.67 bits per heavy atom. The molecule has 0 spiro atoms. The average Bonchev–Trinajstić information content (AvgIpc) is 3.41. The number of hydrogen-bond acceptors (Lipinski definition) is 6. The van der Waals surface area contributed by atoms with Crippen molar-refractivity contribution in [1.29, 1.82) is 0 Å². The summed E-state index contributed by atoms with van der Waals surface area (Å²) in [6.07, 6.45) is 3.80. The van der Waals surface area contributed by atoms with Crippen LogP contribution in [0.3, 0.4) is 0 Å². The largest absolute Gasteiger partial charge is 0.332 e. The van der Waals surface area contributed by atoms with Crippen molar-refractivity contribution in [3.63, 3.8) is 0 Å². The first-order valence-electron chi connectivity index (χ1n) is 9.81. The van der Waals surface area contributed by atoms with E-state index in [2.05, 4.69) is 15.2 Å². The van der Waals surface area contributed by atoms with Gasteiger partial charge in [-0.25, -0.2) is 4.68 Å². The number of aromatic nitrogens is 4. The molecule has 2 aromatic heterocycles. The van der Waals surface area contributed by atoms with Crippen LogP contribution in [0.25, 0.3) is 22.4 Å². The molecule has 1 aliphatic rings. The number of hydrogen-bond donors (Lipinski definition) is 1. The molecule has 0 atom stereocenters. The second-order valence-corrected chi connectivity index (χ2v) is 7.63. The highest BCUT2D eigenvalue weighted by Crippen LogP contribution is 2.35. The van der Waals surface area contributed by atoms with Gasteiger partial charge in [0.25, 0.3) is 11.4 Å².